The fourth-order valence-corrected chi connectivity index (χ4v) is 3.72. The highest BCUT2D eigenvalue weighted by atomic mass is 15.2. The van der Waals surface area contributed by atoms with Crippen LogP contribution < -0.4 is 5.32 Å². The monoisotopic (exact) mass is 286 g/mol. The van der Waals surface area contributed by atoms with Crippen molar-refractivity contribution in [2.24, 2.45) is 5.41 Å². The Bertz CT molecular complexity index is 424. The van der Waals surface area contributed by atoms with E-state index in [2.05, 4.69) is 47.5 Å². The van der Waals surface area contributed by atoms with Gasteiger partial charge < -0.3 is 10.2 Å². The molecule has 1 aliphatic heterocycles. The Kier molecular flexibility index (Phi) is 4.97. The first-order valence-electron chi connectivity index (χ1n) is 8.79. The zero-order valence-electron chi connectivity index (χ0n) is 13.5. The molecule has 2 nitrogen and oxygen atoms in total. The van der Waals surface area contributed by atoms with Crippen molar-refractivity contribution in [2.75, 3.05) is 26.2 Å². The van der Waals surface area contributed by atoms with Crippen LogP contribution in [0.4, 0.5) is 0 Å². The first-order valence-corrected chi connectivity index (χ1v) is 8.79. The lowest BCUT2D eigenvalue weighted by Gasteiger charge is -2.20. The van der Waals surface area contributed by atoms with Crippen LogP contribution in [0.15, 0.2) is 30.3 Å². The van der Waals surface area contributed by atoms with E-state index in [0.717, 1.165) is 6.04 Å². The molecule has 1 aliphatic carbocycles. The molecule has 1 aromatic carbocycles. The van der Waals surface area contributed by atoms with Crippen LogP contribution in [0.1, 0.15) is 44.6 Å². The first kappa shape index (κ1) is 15.1. The average molecular weight is 286 g/mol. The van der Waals surface area contributed by atoms with Gasteiger partial charge in [0.2, 0.25) is 0 Å². The molecule has 1 saturated carbocycles. The third kappa shape index (κ3) is 4.31. The van der Waals surface area contributed by atoms with Crippen LogP contribution in [0.2, 0.25) is 0 Å². The minimum Gasteiger partial charge on any atom is -0.312 e. The van der Waals surface area contributed by atoms with Gasteiger partial charge in [-0.3, -0.25) is 0 Å². The molecule has 3 rings (SSSR count). The van der Waals surface area contributed by atoms with Gasteiger partial charge >= 0.3 is 0 Å². The van der Waals surface area contributed by atoms with Crippen LogP contribution in [0, 0.1) is 5.41 Å². The highest BCUT2D eigenvalue weighted by molar-refractivity contribution is 5.14. The van der Waals surface area contributed by atoms with E-state index in [9.17, 15) is 0 Å². The van der Waals surface area contributed by atoms with Crippen molar-refractivity contribution in [1.82, 2.24) is 10.2 Å². The number of benzene rings is 1. The maximum atomic E-state index is 3.86. The molecule has 0 radical (unpaired) electrons. The molecule has 0 bridgehead atoms. The summed E-state index contributed by atoms with van der Waals surface area (Å²) in [5.74, 6) is 0. The summed E-state index contributed by atoms with van der Waals surface area (Å²) in [6, 6.07) is 11.6. The van der Waals surface area contributed by atoms with Gasteiger partial charge in [-0.2, -0.15) is 0 Å². The zero-order chi connectivity index (χ0) is 14.5. The van der Waals surface area contributed by atoms with Crippen molar-refractivity contribution in [3.63, 3.8) is 0 Å². The highest BCUT2D eigenvalue weighted by Crippen LogP contribution is 2.49. The fourth-order valence-electron chi connectivity index (χ4n) is 3.72. The van der Waals surface area contributed by atoms with E-state index in [-0.39, 0.29) is 0 Å². The lowest BCUT2D eigenvalue weighted by atomic mass is 10.0. The molecule has 0 spiro atoms. The highest BCUT2D eigenvalue weighted by Gasteiger charge is 2.41. The van der Waals surface area contributed by atoms with Crippen molar-refractivity contribution in [2.45, 2.75) is 51.5 Å². The Morgan fingerprint density at radius 1 is 1.24 bits per heavy atom. The van der Waals surface area contributed by atoms with E-state index in [1.54, 1.807) is 0 Å². The van der Waals surface area contributed by atoms with E-state index in [1.807, 2.05) is 0 Å². The maximum absolute atomic E-state index is 3.86. The van der Waals surface area contributed by atoms with Crippen molar-refractivity contribution in [1.29, 1.82) is 0 Å². The average Bonchev–Trinajstić information content (AvgIpc) is 3.13. The standard InChI is InChI=1S/C19H30N2/c1-2-10-19(11-12-19)16-20-18-9-14-21(15-18)13-8-17-6-4-3-5-7-17/h3-7,18,20H,2,8-16H2,1H3. The molecule has 1 heterocycles. The largest absolute Gasteiger partial charge is 0.312 e. The Morgan fingerprint density at radius 3 is 2.76 bits per heavy atom. The summed E-state index contributed by atoms with van der Waals surface area (Å²) in [5.41, 5.74) is 2.15. The number of hydrogen-bond donors (Lipinski definition) is 1. The third-order valence-corrected chi connectivity index (χ3v) is 5.34. The first-order chi connectivity index (χ1) is 10.3. The number of rotatable bonds is 8. The quantitative estimate of drug-likeness (QED) is 0.787. The summed E-state index contributed by atoms with van der Waals surface area (Å²) >= 11 is 0. The van der Waals surface area contributed by atoms with Crippen molar-refractivity contribution < 1.29 is 0 Å². The van der Waals surface area contributed by atoms with E-state index in [0.29, 0.717) is 5.41 Å². The molecule has 2 heteroatoms. The van der Waals surface area contributed by atoms with E-state index in [4.69, 9.17) is 0 Å². The van der Waals surface area contributed by atoms with Gasteiger partial charge in [-0.05, 0) is 49.6 Å². The SMILES string of the molecule is CCCC1(CNC2CCN(CCc3ccccc3)C2)CC1. The Hall–Kier alpha value is -0.860. The van der Waals surface area contributed by atoms with Gasteiger partial charge in [0.1, 0.15) is 0 Å². The van der Waals surface area contributed by atoms with Gasteiger partial charge in [0, 0.05) is 25.7 Å². The van der Waals surface area contributed by atoms with Crippen LogP contribution in [0.5, 0.6) is 0 Å². The number of nitrogens with one attached hydrogen (secondary N) is 1. The van der Waals surface area contributed by atoms with E-state index in [1.165, 1.54) is 70.3 Å². The molecule has 116 valence electrons. The molecule has 0 amide bonds. The molecule has 1 N–H and O–H groups in total. The fraction of sp³-hybridized carbons (Fsp3) is 0.684. The molecule has 1 unspecified atom stereocenters. The van der Waals surface area contributed by atoms with Gasteiger partial charge in [0.15, 0.2) is 0 Å². The van der Waals surface area contributed by atoms with Gasteiger partial charge in [0.05, 0.1) is 0 Å². The van der Waals surface area contributed by atoms with Crippen LogP contribution >= 0.6 is 0 Å². The molecule has 1 aromatic rings. The second-order valence-electron chi connectivity index (χ2n) is 7.15. The molecule has 2 fully saturated rings. The predicted octanol–water partition coefficient (Wildman–Crippen LogP) is 3.47. The van der Waals surface area contributed by atoms with Gasteiger partial charge in [-0.25, -0.2) is 0 Å². The number of nitrogens with zero attached hydrogens (tertiary/aromatic N) is 1. The summed E-state index contributed by atoms with van der Waals surface area (Å²) < 4.78 is 0. The van der Waals surface area contributed by atoms with Crippen LogP contribution in [0.3, 0.4) is 0 Å². The van der Waals surface area contributed by atoms with Crippen LogP contribution in [0.25, 0.3) is 0 Å². The smallest absolute Gasteiger partial charge is 0.0207 e. The van der Waals surface area contributed by atoms with Crippen molar-refractivity contribution in [3.05, 3.63) is 35.9 Å². The summed E-state index contributed by atoms with van der Waals surface area (Å²) in [5, 5.41) is 3.86. The van der Waals surface area contributed by atoms with Crippen molar-refractivity contribution in [3.8, 4) is 0 Å². The summed E-state index contributed by atoms with van der Waals surface area (Å²) in [4.78, 5) is 2.63. The van der Waals surface area contributed by atoms with E-state index >= 15 is 0 Å². The van der Waals surface area contributed by atoms with Crippen molar-refractivity contribution >= 4 is 0 Å². The molecule has 0 aromatic heterocycles. The molecular weight excluding hydrogens is 256 g/mol. The summed E-state index contributed by atoms with van der Waals surface area (Å²) in [7, 11) is 0. The molecule has 1 atom stereocenters. The minimum atomic E-state index is 0.687. The van der Waals surface area contributed by atoms with Gasteiger partial charge in [0.25, 0.3) is 0 Å². The second kappa shape index (κ2) is 6.93. The van der Waals surface area contributed by atoms with Crippen LogP contribution in [-0.4, -0.2) is 37.1 Å². The lowest BCUT2D eigenvalue weighted by molar-refractivity contribution is 0.323. The van der Waals surface area contributed by atoms with Gasteiger partial charge in [-0.1, -0.05) is 43.7 Å². The number of likely N-dealkylation sites (tertiary alicyclic amines) is 1. The molecule has 2 aliphatic rings. The normalized spacial score (nSPS) is 24.3. The summed E-state index contributed by atoms with van der Waals surface area (Å²) in [6.45, 7) is 7.31. The molecule has 21 heavy (non-hydrogen) atoms. The lowest BCUT2D eigenvalue weighted by Crippen LogP contribution is -2.36. The minimum absolute atomic E-state index is 0.687. The number of hydrogen-bond acceptors (Lipinski definition) is 2. The third-order valence-electron chi connectivity index (χ3n) is 5.34. The van der Waals surface area contributed by atoms with Gasteiger partial charge in [-0.15, -0.1) is 0 Å². The second-order valence-corrected chi connectivity index (χ2v) is 7.15. The maximum Gasteiger partial charge on any atom is 0.0207 e. The zero-order valence-corrected chi connectivity index (χ0v) is 13.5. The van der Waals surface area contributed by atoms with Crippen LogP contribution in [-0.2, 0) is 6.42 Å². The topological polar surface area (TPSA) is 15.3 Å². The predicted molar refractivity (Wildman–Crippen MR) is 89.6 cm³/mol. The van der Waals surface area contributed by atoms with E-state index < -0.39 is 0 Å². The molecule has 1 saturated heterocycles. The Labute approximate surface area is 129 Å². The molecular formula is C19H30N2. The summed E-state index contributed by atoms with van der Waals surface area (Å²) in [6.07, 6.45) is 8.20. The Balaban J connectivity index is 1.36. The Morgan fingerprint density at radius 2 is 2.05 bits per heavy atom.